The van der Waals surface area contributed by atoms with Crippen molar-refractivity contribution in [3.05, 3.63) is 34.9 Å². The maximum absolute atomic E-state index is 12.6. The lowest BCUT2D eigenvalue weighted by molar-refractivity contribution is -0.138. The summed E-state index contributed by atoms with van der Waals surface area (Å²) in [4.78, 5) is 10.7. The second-order valence-corrected chi connectivity index (χ2v) is 4.86. The number of aliphatic hydroxyl groups is 2. The molecule has 4 nitrogen and oxygen atoms in total. The van der Waals surface area contributed by atoms with Crippen LogP contribution in [0.1, 0.15) is 36.1 Å². The summed E-state index contributed by atoms with van der Waals surface area (Å²) in [6.45, 7) is 2.79. The average Bonchev–Trinajstić information content (AvgIpc) is 2.35. The molecule has 0 fully saturated rings. The number of aryl methyl sites for hydroxylation is 1. The van der Waals surface area contributed by atoms with E-state index >= 15 is 0 Å². The number of benzene rings is 1. The molecular weight excluding hydrogens is 287 g/mol. The van der Waals surface area contributed by atoms with Gasteiger partial charge in [0.1, 0.15) is 6.10 Å². The Labute approximate surface area is 120 Å². The molecule has 21 heavy (non-hydrogen) atoms. The van der Waals surface area contributed by atoms with Gasteiger partial charge in [-0.1, -0.05) is 12.1 Å². The molecule has 1 amide bonds. The van der Waals surface area contributed by atoms with Crippen molar-refractivity contribution in [2.45, 2.75) is 38.7 Å². The minimum atomic E-state index is -4.45. The molecule has 2 atom stereocenters. The van der Waals surface area contributed by atoms with Crippen molar-refractivity contribution in [1.29, 1.82) is 0 Å². The number of nitrogens with one attached hydrogen (secondary N) is 1. The Kier molecular flexibility index (Phi) is 5.74. The van der Waals surface area contributed by atoms with Gasteiger partial charge in [0.15, 0.2) is 0 Å². The number of hydrogen-bond donors (Lipinski definition) is 3. The number of carbonyl (C=O) groups excluding carboxylic acids is 1. The number of alkyl halides is 3. The molecule has 1 rings (SSSR count). The van der Waals surface area contributed by atoms with Crippen LogP contribution in [0.5, 0.6) is 0 Å². The van der Waals surface area contributed by atoms with Gasteiger partial charge < -0.3 is 15.5 Å². The van der Waals surface area contributed by atoms with Gasteiger partial charge in [-0.3, -0.25) is 4.79 Å². The first-order chi connectivity index (χ1) is 9.62. The molecule has 0 saturated heterocycles. The van der Waals surface area contributed by atoms with Crippen molar-refractivity contribution < 1.29 is 28.2 Å². The van der Waals surface area contributed by atoms with Gasteiger partial charge in [-0.05, 0) is 30.5 Å². The lowest BCUT2D eigenvalue weighted by Gasteiger charge is -2.20. The molecule has 0 aliphatic heterocycles. The maximum Gasteiger partial charge on any atom is 0.416 e. The number of aliphatic hydroxyl groups excluding tert-OH is 2. The van der Waals surface area contributed by atoms with Crippen LogP contribution in [-0.2, 0) is 11.0 Å². The zero-order valence-electron chi connectivity index (χ0n) is 11.7. The van der Waals surface area contributed by atoms with Gasteiger partial charge in [-0.25, -0.2) is 0 Å². The van der Waals surface area contributed by atoms with E-state index in [1.165, 1.54) is 19.9 Å². The van der Waals surface area contributed by atoms with Crippen LogP contribution in [0.2, 0.25) is 0 Å². The highest BCUT2D eigenvalue weighted by Crippen LogP contribution is 2.33. The summed E-state index contributed by atoms with van der Waals surface area (Å²) in [5.41, 5.74) is -0.588. The summed E-state index contributed by atoms with van der Waals surface area (Å²) in [5.74, 6) is -0.262. The molecule has 0 heterocycles. The summed E-state index contributed by atoms with van der Waals surface area (Å²) in [6.07, 6.45) is -6.83. The van der Waals surface area contributed by atoms with Crippen molar-refractivity contribution in [3.63, 3.8) is 0 Å². The molecule has 7 heteroatoms. The molecule has 1 aromatic rings. The van der Waals surface area contributed by atoms with Gasteiger partial charge in [0.2, 0.25) is 5.91 Å². The molecule has 0 aliphatic rings. The minimum Gasteiger partial charge on any atom is -0.390 e. The normalized spacial score (nSPS) is 14.6. The highest BCUT2D eigenvalue weighted by atomic mass is 19.4. The predicted octanol–water partition coefficient (Wildman–Crippen LogP) is 1.93. The Bertz CT molecular complexity index is 503. The number of hydrogen-bond acceptors (Lipinski definition) is 3. The molecule has 0 bridgehead atoms. The van der Waals surface area contributed by atoms with E-state index in [1.54, 1.807) is 0 Å². The van der Waals surface area contributed by atoms with Gasteiger partial charge in [0.05, 0.1) is 11.7 Å². The van der Waals surface area contributed by atoms with Gasteiger partial charge in [-0.2, -0.15) is 13.2 Å². The van der Waals surface area contributed by atoms with Gasteiger partial charge in [-0.15, -0.1) is 0 Å². The molecule has 3 N–H and O–H groups in total. The van der Waals surface area contributed by atoms with E-state index in [0.29, 0.717) is 0 Å². The number of halogens is 3. The smallest absolute Gasteiger partial charge is 0.390 e. The fraction of sp³-hybridized carbons (Fsp3) is 0.500. The molecule has 0 aromatic heterocycles. The van der Waals surface area contributed by atoms with E-state index < -0.39 is 23.9 Å². The Morgan fingerprint density at radius 3 is 2.43 bits per heavy atom. The molecule has 118 valence electrons. The van der Waals surface area contributed by atoms with Gasteiger partial charge in [0.25, 0.3) is 0 Å². The summed E-state index contributed by atoms with van der Waals surface area (Å²) < 4.78 is 37.9. The fourth-order valence-electron chi connectivity index (χ4n) is 1.96. The first-order valence-electron chi connectivity index (χ1n) is 6.41. The van der Waals surface area contributed by atoms with E-state index in [-0.39, 0.29) is 30.0 Å². The SMILES string of the molecule is CC(=O)NCCC(O)C(O)c1ccc(C(F)(F)F)c(C)c1. The zero-order chi connectivity index (χ0) is 16.2. The lowest BCUT2D eigenvalue weighted by atomic mass is 9.97. The van der Waals surface area contributed by atoms with E-state index in [2.05, 4.69) is 5.32 Å². The van der Waals surface area contributed by atoms with Crippen LogP contribution >= 0.6 is 0 Å². The minimum absolute atomic E-state index is 0.0203. The van der Waals surface area contributed by atoms with E-state index in [4.69, 9.17) is 0 Å². The molecule has 1 aromatic carbocycles. The van der Waals surface area contributed by atoms with Crippen molar-refractivity contribution in [1.82, 2.24) is 5.32 Å². The third kappa shape index (κ3) is 5.02. The summed E-state index contributed by atoms with van der Waals surface area (Å²) in [7, 11) is 0. The Hall–Kier alpha value is -1.60. The number of carbonyl (C=O) groups is 1. The summed E-state index contributed by atoms with van der Waals surface area (Å²) in [5, 5.41) is 22.2. The Balaban J connectivity index is 2.76. The summed E-state index contributed by atoms with van der Waals surface area (Å²) in [6, 6.07) is 3.23. The van der Waals surface area contributed by atoms with E-state index in [0.717, 1.165) is 12.1 Å². The Morgan fingerprint density at radius 1 is 1.33 bits per heavy atom. The summed E-state index contributed by atoms with van der Waals surface area (Å²) >= 11 is 0. The quantitative estimate of drug-likeness (QED) is 0.778. The standard InChI is InChI=1S/C14H18F3NO3/c1-8-7-10(3-4-11(8)14(15,16)17)13(21)12(20)5-6-18-9(2)19/h3-4,7,12-13,20-21H,5-6H2,1-2H3,(H,18,19). The molecular formula is C14H18F3NO3. The maximum atomic E-state index is 12.6. The van der Waals surface area contributed by atoms with Crippen LogP contribution in [0.25, 0.3) is 0 Å². The van der Waals surface area contributed by atoms with Crippen molar-refractivity contribution in [3.8, 4) is 0 Å². The van der Waals surface area contributed by atoms with Crippen LogP contribution in [0, 0.1) is 6.92 Å². The monoisotopic (exact) mass is 305 g/mol. The number of rotatable bonds is 5. The zero-order valence-corrected chi connectivity index (χ0v) is 11.7. The third-order valence-electron chi connectivity index (χ3n) is 3.08. The highest BCUT2D eigenvalue weighted by Gasteiger charge is 2.32. The van der Waals surface area contributed by atoms with E-state index in [1.807, 2.05) is 0 Å². The Morgan fingerprint density at radius 2 is 1.95 bits per heavy atom. The van der Waals surface area contributed by atoms with Gasteiger partial charge >= 0.3 is 6.18 Å². The van der Waals surface area contributed by atoms with Crippen LogP contribution in [0.3, 0.4) is 0 Å². The molecule has 2 unspecified atom stereocenters. The second kappa shape index (κ2) is 6.91. The average molecular weight is 305 g/mol. The predicted molar refractivity (Wildman–Crippen MR) is 70.4 cm³/mol. The first-order valence-corrected chi connectivity index (χ1v) is 6.41. The van der Waals surface area contributed by atoms with Crippen LogP contribution in [0.4, 0.5) is 13.2 Å². The molecule has 0 spiro atoms. The van der Waals surface area contributed by atoms with Crippen molar-refractivity contribution in [2.75, 3.05) is 6.54 Å². The highest BCUT2D eigenvalue weighted by molar-refractivity contribution is 5.72. The van der Waals surface area contributed by atoms with Crippen molar-refractivity contribution >= 4 is 5.91 Å². The van der Waals surface area contributed by atoms with Crippen LogP contribution < -0.4 is 5.32 Å². The van der Waals surface area contributed by atoms with Crippen LogP contribution in [-0.4, -0.2) is 28.8 Å². The lowest BCUT2D eigenvalue weighted by Crippen LogP contribution is -2.27. The van der Waals surface area contributed by atoms with E-state index in [9.17, 15) is 28.2 Å². The fourth-order valence-corrected chi connectivity index (χ4v) is 1.96. The molecule has 0 aliphatic carbocycles. The topological polar surface area (TPSA) is 69.6 Å². The first kappa shape index (κ1) is 17.5. The van der Waals surface area contributed by atoms with Gasteiger partial charge in [0, 0.05) is 13.5 Å². The molecule has 0 radical (unpaired) electrons. The van der Waals surface area contributed by atoms with Crippen LogP contribution in [0.15, 0.2) is 18.2 Å². The number of amides is 1. The van der Waals surface area contributed by atoms with Crippen molar-refractivity contribution in [2.24, 2.45) is 0 Å². The second-order valence-electron chi connectivity index (χ2n) is 4.86. The molecule has 0 saturated carbocycles. The largest absolute Gasteiger partial charge is 0.416 e. The third-order valence-corrected chi connectivity index (χ3v) is 3.08.